The summed E-state index contributed by atoms with van der Waals surface area (Å²) >= 11 is 0. The minimum absolute atomic E-state index is 0.114. The van der Waals surface area contributed by atoms with Crippen molar-refractivity contribution < 1.29 is 9.90 Å². The van der Waals surface area contributed by atoms with E-state index in [0.29, 0.717) is 12.1 Å². The number of carboxylic acids is 1. The number of aryl methyl sites for hydroxylation is 1. The molecule has 0 bridgehead atoms. The zero-order valence-corrected chi connectivity index (χ0v) is 17.7. The van der Waals surface area contributed by atoms with Gasteiger partial charge in [0.2, 0.25) is 0 Å². The van der Waals surface area contributed by atoms with E-state index >= 15 is 0 Å². The van der Waals surface area contributed by atoms with Crippen molar-refractivity contribution in [2.24, 2.45) is 0 Å². The van der Waals surface area contributed by atoms with Gasteiger partial charge in [0.1, 0.15) is 0 Å². The highest BCUT2D eigenvalue weighted by atomic mass is 16.4. The molecule has 4 rings (SSSR count). The minimum atomic E-state index is -0.901. The number of aromatic carboxylic acids is 1. The van der Waals surface area contributed by atoms with Gasteiger partial charge in [-0.05, 0) is 76.4 Å². The van der Waals surface area contributed by atoms with Gasteiger partial charge >= 0.3 is 5.97 Å². The van der Waals surface area contributed by atoms with Gasteiger partial charge in [-0.15, -0.1) is 0 Å². The summed E-state index contributed by atoms with van der Waals surface area (Å²) in [6.07, 6.45) is 3.39. The zero-order valence-electron chi connectivity index (χ0n) is 17.7. The van der Waals surface area contributed by atoms with E-state index in [-0.39, 0.29) is 5.41 Å². The van der Waals surface area contributed by atoms with Gasteiger partial charge in [-0.3, -0.25) is 0 Å². The molecule has 1 aliphatic carbocycles. The molecule has 0 unspecified atom stereocenters. The predicted octanol–water partition coefficient (Wildman–Crippen LogP) is 6.42. The third-order valence-corrected chi connectivity index (χ3v) is 5.96. The van der Waals surface area contributed by atoms with Gasteiger partial charge < -0.3 is 10.4 Å². The lowest BCUT2D eigenvalue weighted by atomic mass is 9.72. The van der Waals surface area contributed by atoms with E-state index < -0.39 is 5.97 Å². The maximum Gasteiger partial charge on any atom is 0.335 e. The van der Waals surface area contributed by atoms with Crippen molar-refractivity contribution in [3.63, 3.8) is 0 Å². The molecule has 0 aromatic heterocycles. The molecule has 2 N–H and O–H groups in total. The Morgan fingerprint density at radius 2 is 1.80 bits per heavy atom. The summed E-state index contributed by atoms with van der Waals surface area (Å²) in [6.45, 7) is 7.22. The first-order valence-corrected chi connectivity index (χ1v) is 10.3. The average molecular weight is 398 g/mol. The molecule has 3 heteroatoms. The quantitative estimate of drug-likeness (QED) is 0.522. The molecule has 0 aliphatic heterocycles. The number of nitrogens with one attached hydrogen (secondary N) is 1. The standard InChI is InChI=1S/C27H27NO2/c1-18-15-21(26(29)30)10-12-25(18)28-17-19-9-11-24-23(16-19)22(13-14-27(24,2)3)20-7-5-4-6-8-20/h4-13,15-16,28H,14,17H2,1-3H3,(H,29,30). The minimum Gasteiger partial charge on any atom is -0.478 e. The predicted molar refractivity (Wildman–Crippen MR) is 123 cm³/mol. The number of hydrogen-bond donors (Lipinski definition) is 2. The van der Waals surface area contributed by atoms with Crippen LogP contribution in [0.1, 0.15) is 58.4 Å². The zero-order chi connectivity index (χ0) is 21.3. The fraction of sp³-hybridized carbons (Fsp3) is 0.222. The van der Waals surface area contributed by atoms with E-state index in [4.69, 9.17) is 5.11 Å². The summed E-state index contributed by atoms with van der Waals surface area (Å²) in [5.74, 6) is -0.901. The van der Waals surface area contributed by atoms with Gasteiger partial charge in [0.05, 0.1) is 5.56 Å². The lowest BCUT2D eigenvalue weighted by Gasteiger charge is -2.32. The highest BCUT2D eigenvalue weighted by Crippen LogP contribution is 2.41. The van der Waals surface area contributed by atoms with Crippen molar-refractivity contribution >= 4 is 17.2 Å². The second-order valence-corrected chi connectivity index (χ2v) is 8.64. The molecule has 0 atom stereocenters. The first kappa shape index (κ1) is 20.0. The molecule has 0 saturated carbocycles. The van der Waals surface area contributed by atoms with Crippen LogP contribution in [0.4, 0.5) is 5.69 Å². The highest BCUT2D eigenvalue weighted by Gasteiger charge is 2.28. The molecule has 0 amide bonds. The van der Waals surface area contributed by atoms with E-state index in [1.807, 2.05) is 13.0 Å². The summed E-state index contributed by atoms with van der Waals surface area (Å²) < 4.78 is 0. The van der Waals surface area contributed by atoms with Crippen LogP contribution in [0.15, 0.2) is 72.8 Å². The molecule has 3 aromatic carbocycles. The fourth-order valence-electron chi connectivity index (χ4n) is 4.17. The summed E-state index contributed by atoms with van der Waals surface area (Å²) in [4.78, 5) is 11.2. The Morgan fingerprint density at radius 3 is 2.50 bits per heavy atom. The van der Waals surface area contributed by atoms with E-state index in [9.17, 15) is 4.79 Å². The molecule has 3 nitrogen and oxygen atoms in total. The first-order chi connectivity index (χ1) is 14.3. The van der Waals surface area contributed by atoms with Crippen molar-refractivity contribution in [2.75, 3.05) is 5.32 Å². The van der Waals surface area contributed by atoms with Crippen LogP contribution in [0.3, 0.4) is 0 Å². The van der Waals surface area contributed by atoms with E-state index in [2.05, 4.69) is 73.8 Å². The Labute approximate surface area is 178 Å². The van der Waals surface area contributed by atoms with Gasteiger partial charge in [0.25, 0.3) is 0 Å². The summed E-state index contributed by atoms with van der Waals surface area (Å²) in [5, 5.41) is 12.6. The van der Waals surface area contributed by atoms with E-state index in [1.165, 1.54) is 27.8 Å². The Kier molecular flexibility index (Phi) is 5.21. The lowest BCUT2D eigenvalue weighted by molar-refractivity contribution is 0.0697. The van der Waals surface area contributed by atoms with Crippen molar-refractivity contribution in [3.8, 4) is 0 Å². The second-order valence-electron chi connectivity index (χ2n) is 8.64. The topological polar surface area (TPSA) is 49.3 Å². The van der Waals surface area contributed by atoms with Crippen LogP contribution in [0.25, 0.3) is 5.57 Å². The lowest BCUT2D eigenvalue weighted by Crippen LogP contribution is -2.22. The highest BCUT2D eigenvalue weighted by molar-refractivity contribution is 5.88. The summed E-state index contributed by atoms with van der Waals surface area (Å²) in [6, 6.07) is 22.5. The van der Waals surface area contributed by atoms with Crippen LogP contribution in [0.5, 0.6) is 0 Å². The maximum atomic E-state index is 11.2. The van der Waals surface area contributed by atoms with E-state index in [1.54, 1.807) is 12.1 Å². The smallest absolute Gasteiger partial charge is 0.335 e. The number of benzene rings is 3. The van der Waals surface area contributed by atoms with Crippen LogP contribution < -0.4 is 5.32 Å². The van der Waals surface area contributed by atoms with Gasteiger partial charge in [-0.25, -0.2) is 4.79 Å². The Morgan fingerprint density at radius 1 is 1.03 bits per heavy atom. The van der Waals surface area contributed by atoms with Crippen LogP contribution in [0.2, 0.25) is 0 Å². The molecule has 1 aliphatic rings. The average Bonchev–Trinajstić information content (AvgIpc) is 2.73. The fourth-order valence-corrected chi connectivity index (χ4v) is 4.17. The van der Waals surface area contributed by atoms with Gasteiger partial charge in [-0.1, -0.05) is 62.4 Å². The maximum absolute atomic E-state index is 11.2. The van der Waals surface area contributed by atoms with Crippen LogP contribution in [0, 0.1) is 6.92 Å². The van der Waals surface area contributed by atoms with E-state index in [0.717, 1.165) is 17.7 Å². The third kappa shape index (κ3) is 3.88. The SMILES string of the molecule is Cc1cc(C(=O)O)ccc1NCc1ccc2c(c1)C(c1ccccc1)=CCC2(C)C. The summed E-state index contributed by atoms with van der Waals surface area (Å²) in [5.41, 5.74) is 8.75. The van der Waals surface area contributed by atoms with Crippen molar-refractivity contribution in [1.29, 1.82) is 0 Å². The molecule has 30 heavy (non-hydrogen) atoms. The number of allylic oxidation sites excluding steroid dienone is 1. The monoisotopic (exact) mass is 397 g/mol. The number of carboxylic acid groups (broad SMARTS) is 1. The van der Waals surface area contributed by atoms with Gasteiger partial charge in [0.15, 0.2) is 0 Å². The van der Waals surface area contributed by atoms with Crippen molar-refractivity contribution in [2.45, 2.75) is 39.2 Å². The molecule has 0 saturated heterocycles. The number of rotatable bonds is 5. The normalized spacial score (nSPS) is 14.6. The Hall–Kier alpha value is -3.33. The van der Waals surface area contributed by atoms with Crippen LogP contribution in [-0.4, -0.2) is 11.1 Å². The Bertz CT molecular complexity index is 1130. The molecule has 152 valence electrons. The first-order valence-electron chi connectivity index (χ1n) is 10.3. The van der Waals surface area contributed by atoms with Crippen molar-refractivity contribution in [1.82, 2.24) is 0 Å². The van der Waals surface area contributed by atoms with Gasteiger partial charge in [0, 0.05) is 12.2 Å². The molecule has 0 fully saturated rings. The Balaban J connectivity index is 1.63. The number of fused-ring (bicyclic) bond motifs is 1. The van der Waals surface area contributed by atoms with Crippen LogP contribution >= 0.6 is 0 Å². The molecular formula is C27H27NO2. The molecule has 0 radical (unpaired) electrons. The molecule has 3 aromatic rings. The number of hydrogen-bond acceptors (Lipinski definition) is 2. The molecule has 0 spiro atoms. The third-order valence-electron chi connectivity index (χ3n) is 5.96. The number of carbonyl (C=O) groups is 1. The summed E-state index contributed by atoms with van der Waals surface area (Å²) in [7, 11) is 0. The van der Waals surface area contributed by atoms with Crippen LogP contribution in [-0.2, 0) is 12.0 Å². The molecule has 0 heterocycles. The number of anilines is 1. The van der Waals surface area contributed by atoms with Gasteiger partial charge in [-0.2, -0.15) is 0 Å². The second kappa shape index (κ2) is 7.83. The largest absolute Gasteiger partial charge is 0.478 e. The molecular weight excluding hydrogens is 370 g/mol. The van der Waals surface area contributed by atoms with Crippen molar-refractivity contribution in [3.05, 3.63) is 106 Å².